The zero-order valence-corrected chi connectivity index (χ0v) is 11.6. The van der Waals surface area contributed by atoms with E-state index in [4.69, 9.17) is 11.3 Å². The predicted molar refractivity (Wildman–Crippen MR) is 75.8 cm³/mol. The van der Waals surface area contributed by atoms with Gasteiger partial charge in [0.2, 0.25) is 0 Å². The molecule has 1 aromatic carbocycles. The van der Waals surface area contributed by atoms with E-state index in [1.807, 2.05) is 0 Å². The summed E-state index contributed by atoms with van der Waals surface area (Å²) in [7, 11) is 1.55. The number of rotatable bonds is 4. The number of nitrogens with one attached hydrogen (secondary N) is 1. The van der Waals surface area contributed by atoms with Crippen molar-refractivity contribution in [3.8, 4) is 5.75 Å². The topological polar surface area (TPSA) is 38.5 Å². The van der Waals surface area contributed by atoms with Crippen molar-refractivity contribution in [3.63, 3.8) is 0 Å². The van der Waals surface area contributed by atoms with Gasteiger partial charge in [-0.25, -0.2) is 0 Å². The van der Waals surface area contributed by atoms with E-state index in [1.165, 1.54) is 6.20 Å². The molecular formula is C15H12F3N3O. The molecule has 22 heavy (non-hydrogen) atoms. The Bertz CT molecular complexity index is 691. The Hall–Kier alpha value is -2.75. The smallest absolute Gasteiger partial charge is 0.409 e. The minimum absolute atomic E-state index is 0.204. The van der Waals surface area contributed by atoms with Crippen LogP contribution in [0.25, 0.3) is 4.85 Å². The highest BCUT2D eigenvalue weighted by atomic mass is 19.4. The molecule has 0 aliphatic heterocycles. The van der Waals surface area contributed by atoms with Gasteiger partial charge >= 0.3 is 6.18 Å². The van der Waals surface area contributed by atoms with Gasteiger partial charge in [0.25, 0.3) is 5.82 Å². The normalized spacial score (nSPS) is 10.9. The van der Waals surface area contributed by atoms with Crippen LogP contribution in [-0.4, -0.2) is 12.1 Å². The molecule has 0 spiro atoms. The number of hydrogen-bond acceptors (Lipinski definition) is 3. The van der Waals surface area contributed by atoms with E-state index >= 15 is 0 Å². The molecule has 1 N–H and O–H groups in total. The number of benzene rings is 1. The van der Waals surface area contributed by atoms with Crippen LogP contribution in [0.5, 0.6) is 5.75 Å². The number of halogens is 3. The summed E-state index contributed by atoms with van der Waals surface area (Å²) in [5, 5.41) is 2.86. The first-order valence-electron chi connectivity index (χ1n) is 6.25. The van der Waals surface area contributed by atoms with E-state index in [0.717, 1.165) is 11.6 Å². The summed E-state index contributed by atoms with van der Waals surface area (Å²) in [4.78, 5) is 6.34. The van der Waals surface area contributed by atoms with Crippen LogP contribution < -0.4 is 10.1 Å². The standard InChI is InChI=1S/C15H12F3N3O/c1-19-14-13(15(16,17)18)7-11(9-21-14)20-8-10-3-5-12(22-2)6-4-10/h3-7,9,20H,8H2,2H3. The van der Waals surface area contributed by atoms with Gasteiger partial charge < -0.3 is 14.9 Å². The Labute approximate surface area is 125 Å². The van der Waals surface area contributed by atoms with Crippen molar-refractivity contribution in [2.75, 3.05) is 12.4 Å². The highest BCUT2D eigenvalue weighted by Crippen LogP contribution is 2.36. The van der Waals surface area contributed by atoms with Crippen LogP contribution in [0.15, 0.2) is 36.5 Å². The second kappa shape index (κ2) is 6.35. The van der Waals surface area contributed by atoms with Crippen LogP contribution in [0.4, 0.5) is 24.7 Å². The number of hydrogen-bond donors (Lipinski definition) is 1. The van der Waals surface area contributed by atoms with Crippen LogP contribution in [0.2, 0.25) is 0 Å². The van der Waals surface area contributed by atoms with Crippen molar-refractivity contribution in [1.29, 1.82) is 0 Å². The molecular weight excluding hydrogens is 295 g/mol. The van der Waals surface area contributed by atoms with Crippen molar-refractivity contribution in [2.45, 2.75) is 12.7 Å². The fraction of sp³-hybridized carbons (Fsp3) is 0.200. The first-order valence-corrected chi connectivity index (χ1v) is 6.25. The maximum absolute atomic E-state index is 12.8. The molecule has 1 aromatic heterocycles. The Morgan fingerprint density at radius 2 is 1.95 bits per heavy atom. The molecule has 0 fully saturated rings. The van der Waals surface area contributed by atoms with Crippen LogP contribution in [-0.2, 0) is 12.7 Å². The van der Waals surface area contributed by atoms with Gasteiger partial charge in [0.15, 0.2) is 0 Å². The molecule has 0 radical (unpaired) electrons. The van der Waals surface area contributed by atoms with Gasteiger partial charge in [-0.05, 0) is 23.8 Å². The van der Waals surface area contributed by atoms with Gasteiger partial charge in [0.05, 0.1) is 18.4 Å². The third-order valence-electron chi connectivity index (χ3n) is 2.93. The van der Waals surface area contributed by atoms with Gasteiger partial charge in [-0.15, -0.1) is 4.98 Å². The molecule has 0 saturated carbocycles. The van der Waals surface area contributed by atoms with Gasteiger partial charge in [0.1, 0.15) is 11.9 Å². The number of pyridine rings is 1. The molecule has 0 amide bonds. The van der Waals surface area contributed by atoms with E-state index < -0.39 is 17.6 Å². The Kier molecular flexibility index (Phi) is 4.51. The largest absolute Gasteiger partial charge is 0.497 e. The second-order valence-electron chi connectivity index (χ2n) is 4.41. The first kappa shape index (κ1) is 15.6. The highest BCUT2D eigenvalue weighted by molar-refractivity contribution is 5.55. The third kappa shape index (κ3) is 3.67. The lowest BCUT2D eigenvalue weighted by Crippen LogP contribution is -2.08. The summed E-state index contributed by atoms with van der Waals surface area (Å²) in [6.45, 7) is 7.07. The molecule has 0 aliphatic carbocycles. The van der Waals surface area contributed by atoms with E-state index in [9.17, 15) is 13.2 Å². The van der Waals surface area contributed by atoms with Gasteiger partial charge in [-0.2, -0.15) is 13.2 Å². The van der Waals surface area contributed by atoms with Crippen molar-refractivity contribution in [3.05, 3.63) is 59.1 Å². The summed E-state index contributed by atoms with van der Waals surface area (Å²) in [5.74, 6) is 0.0497. The zero-order valence-electron chi connectivity index (χ0n) is 11.6. The molecule has 114 valence electrons. The molecule has 2 aromatic rings. The monoisotopic (exact) mass is 307 g/mol. The zero-order chi connectivity index (χ0) is 16.2. The number of anilines is 1. The van der Waals surface area contributed by atoms with E-state index in [1.54, 1.807) is 31.4 Å². The molecule has 0 unspecified atom stereocenters. The SMILES string of the molecule is [C-]#[N+]c1ncc(NCc2ccc(OC)cc2)cc1C(F)(F)F. The highest BCUT2D eigenvalue weighted by Gasteiger charge is 2.34. The van der Waals surface area contributed by atoms with Crippen molar-refractivity contribution >= 4 is 11.5 Å². The lowest BCUT2D eigenvalue weighted by molar-refractivity contribution is -0.137. The van der Waals surface area contributed by atoms with Gasteiger partial charge in [0, 0.05) is 6.54 Å². The minimum atomic E-state index is -4.61. The molecule has 0 atom stereocenters. The molecule has 0 saturated heterocycles. The molecule has 1 heterocycles. The fourth-order valence-corrected chi connectivity index (χ4v) is 1.80. The molecule has 7 heteroatoms. The van der Waals surface area contributed by atoms with Crippen molar-refractivity contribution < 1.29 is 17.9 Å². The van der Waals surface area contributed by atoms with Crippen molar-refractivity contribution in [2.24, 2.45) is 0 Å². The van der Waals surface area contributed by atoms with Crippen LogP contribution in [0.3, 0.4) is 0 Å². The molecule has 2 rings (SSSR count). The number of nitrogens with zero attached hydrogens (tertiary/aromatic N) is 2. The average Bonchev–Trinajstić information content (AvgIpc) is 2.52. The van der Waals surface area contributed by atoms with Gasteiger partial charge in [-0.3, -0.25) is 0 Å². The Balaban J connectivity index is 2.14. The summed E-state index contributed by atoms with van der Waals surface area (Å²) in [6.07, 6.45) is -3.39. The predicted octanol–water partition coefficient (Wildman–Crippen LogP) is 4.27. The molecule has 4 nitrogen and oxygen atoms in total. The second-order valence-corrected chi connectivity index (χ2v) is 4.41. The lowest BCUT2D eigenvalue weighted by atomic mass is 10.2. The van der Waals surface area contributed by atoms with Crippen molar-refractivity contribution in [1.82, 2.24) is 4.98 Å². The number of aromatic nitrogens is 1. The first-order chi connectivity index (χ1) is 10.4. The van der Waals surface area contributed by atoms with E-state index in [-0.39, 0.29) is 5.69 Å². The fourth-order valence-electron chi connectivity index (χ4n) is 1.80. The number of methoxy groups -OCH3 is 1. The summed E-state index contributed by atoms with van der Waals surface area (Å²) < 4.78 is 43.5. The van der Waals surface area contributed by atoms with E-state index in [0.29, 0.717) is 12.3 Å². The van der Waals surface area contributed by atoms with Gasteiger partial charge in [-0.1, -0.05) is 18.7 Å². The third-order valence-corrected chi connectivity index (χ3v) is 2.93. The van der Waals surface area contributed by atoms with Crippen LogP contribution in [0.1, 0.15) is 11.1 Å². The van der Waals surface area contributed by atoms with Crippen LogP contribution >= 0.6 is 0 Å². The molecule has 0 aliphatic rings. The summed E-state index contributed by atoms with van der Waals surface area (Å²) in [6, 6.07) is 8.02. The average molecular weight is 307 g/mol. The Morgan fingerprint density at radius 3 is 2.50 bits per heavy atom. The van der Waals surface area contributed by atoms with Crippen LogP contribution in [0, 0.1) is 6.57 Å². The maximum atomic E-state index is 12.8. The summed E-state index contributed by atoms with van der Waals surface area (Å²) in [5.41, 5.74) is 0.0430. The quantitative estimate of drug-likeness (QED) is 0.857. The molecule has 0 bridgehead atoms. The number of alkyl halides is 3. The Morgan fingerprint density at radius 1 is 1.27 bits per heavy atom. The number of ether oxygens (including phenoxy) is 1. The summed E-state index contributed by atoms with van der Waals surface area (Å²) >= 11 is 0. The van der Waals surface area contributed by atoms with E-state index in [2.05, 4.69) is 15.1 Å². The minimum Gasteiger partial charge on any atom is -0.497 e. The lowest BCUT2D eigenvalue weighted by Gasteiger charge is -2.11. The maximum Gasteiger partial charge on any atom is 0.409 e.